The summed E-state index contributed by atoms with van der Waals surface area (Å²) in [6, 6.07) is 4.27. The van der Waals surface area contributed by atoms with Crippen LogP contribution in [0.15, 0.2) is 12.1 Å². The van der Waals surface area contributed by atoms with E-state index in [0.29, 0.717) is 17.0 Å². The van der Waals surface area contributed by atoms with Crippen LogP contribution in [0.2, 0.25) is 0 Å². The van der Waals surface area contributed by atoms with Crippen molar-refractivity contribution in [3.63, 3.8) is 0 Å². The van der Waals surface area contributed by atoms with Crippen molar-refractivity contribution in [1.29, 1.82) is 5.26 Å². The maximum absolute atomic E-state index is 13.3. The Morgan fingerprint density at radius 1 is 1.33 bits per heavy atom. The van der Waals surface area contributed by atoms with Gasteiger partial charge in [-0.1, -0.05) is 6.42 Å². The third-order valence-corrected chi connectivity index (χ3v) is 3.52. The van der Waals surface area contributed by atoms with Crippen molar-refractivity contribution in [2.45, 2.75) is 31.7 Å². The third kappa shape index (κ3) is 1.57. The summed E-state index contributed by atoms with van der Waals surface area (Å²) in [5.74, 6) is -0.703. The zero-order valence-electron chi connectivity index (χ0n) is 9.66. The van der Waals surface area contributed by atoms with E-state index in [-0.39, 0.29) is 6.54 Å². The van der Waals surface area contributed by atoms with E-state index in [1.807, 2.05) is 6.07 Å². The zero-order valence-corrected chi connectivity index (χ0v) is 9.66. The Labute approximate surface area is 103 Å². The maximum atomic E-state index is 13.3. The van der Waals surface area contributed by atoms with Crippen LogP contribution in [0, 0.1) is 23.0 Å². The van der Waals surface area contributed by atoms with Gasteiger partial charge in [-0.15, -0.1) is 0 Å². The predicted molar refractivity (Wildman–Crippen MR) is 61.9 cm³/mol. The van der Waals surface area contributed by atoms with Crippen molar-refractivity contribution in [2.75, 3.05) is 0 Å². The molecule has 1 heterocycles. The van der Waals surface area contributed by atoms with Gasteiger partial charge in [0, 0.05) is 18.1 Å². The largest absolute Gasteiger partial charge is 0.314 e. The minimum Gasteiger partial charge on any atom is -0.314 e. The molecule has 1 aromatic carbocycles. The molecule has 0 spiro atoms. The Balaban J connectivity index is 2.22. The number of nitriles is 1. The second-order valence-electron chi connectivity index (χ2n) is 4.60. The molecule has 0 aliphatic heterocycles. The Morgan fingerprint density at radius 2 is 2.06 bits per heavy atom. The Bertz CT molecular complexity index is 650. The molecule has 3 nitrogen and oxygen atoms in total. The Hall–Kier alpha value is -1.96. The van der Waals surface area contributed by atoms with Gasteiger partial charge in [0.25, 0.3) is 0 Å². The molecule has 0 saturated heterocycles. The number of aromatic nitrogens is 2. The van der Waals surface area contributed by atoms with Gasteiger partial charge in [0.2, 0.25) is 0 Å². The number of halogens is 2. The van der Waals surface area contributed by atoms with Crippen molar-refractivity contribution < 1.29 is 8.78 Å². The van der Waals surface area contributed by atoms with Crippen molar-refractivity contribution >= 4 is 11.0 Å². The molecule has 0 N–H and O–H groups in total. The molecule has 2 aromatic rings. The molecule has 0 radical (unpaired) electrons. The number of hydrogen-bond acceptors (Lipinski definition) is 2. The number of imidazole rings is 1. The Morgan fingerprint density at radius 3 is 2.67 bits per heavy atom. The fourth-order valence-electron chi connectivity index (χ4n) is 2.35. The first kappa shape index (κ1) is 11.1. The summed E-state index contributed by atoms with van der Waals surface area (Å²) in [7, 11) is 0. The lowest BCUT2D eigenvalue weighted by atomic mass is 9.85. The molecule has 1 aliphatic carbocycles. The van der Waals surface area contributed by atoms with Crippen LogP contribution in [0.3, 0.4) is 0 Å². The van der Waals surface area contributed by atoms with Gasteiger partial charge in [0.15, 0.2) is 11.6 Å². The molecule has 1 saturated carbocycles. The van der Waals surface area contributed by atoms with Gasteiger partial charge in [0.1, 0.15) is 12.4 Å². The van der Waals surface area contributed by atoms with Crippen LogP contribution in [-0.2, 0) is 6.54 Å². The maximum Gasteiger partial charge on any atom is 0.161 e. The van der Waals surface area contributed by atoms with E-state index in [9.17, 15) is 8.78 Å². The average Bonchev–Trinajstić information content (AvgIpc) is 2.57. The molecule has 0 atom stereocenters. The van der Waals surface area contributed by atoms with E-state index in [2.05, 4.69) is 4.98 Å². The number of nitrogens with zero attached hydrogens (tertiary/aromatic N) is 3. The van der Waals surface area contributed by atoms with Gasteiger partial charge in [-0.05, 0) is 12.8 Å². The van der Waals surface area contributed by atoms with Crippen molar-refractivity contribution in [3.8, 4) is 6.07 Å². The first-order valence-corrected chi connectivity index (χ1v) is 5.93. The zero-order chi connectivity index (χ0) is 12.7. The molecule has 1 aliphatic rings. The van der Waals surface area contributed by atoms with Crippen LogP contribution in [0.5, 0.6) is 0 Å². The molecule has 1 fully saturated rings. The smallest absolute Gasteiger partial charge is 0.161 e. The van der Waals surface area contributed by atoms with Crippen molar-refractivity contribution in [1.82, 2.24) is 9.55 Å². The summed E-state index contributed by atoms with van der Waals surface area (Å²) < 4.78 is 28.2. The number of rotatable bonds is 2. The summed E-state index contributed by atoms with van der Waals surface area (Å²) in [5.41, 5.74) is 0.920. The summed E-state index contributed by atoms with van der Waals surface area (Å²) in [4.78, 5) is 4.36. The number of benzene rings is 1. The average molecular weight is 247 g/mol. The SMILES string of the molecule is N#CCn1c(C2CCC2)nc2cc(F)c(F)cc21. The third-order valence-electron chi connectivity index (χ3n) is 3.52. The van der Waals surface area contributed by atoms with E-state index in [1.165, 1.54) is 0 Å². The predicted octanol–water partition coefficient (Wildman–Crippen LogP) is 3.11. The highest BCUT2D eigenvalue weighted by Gasteiger charge is 2.26. The van der Waals surface area contributed by atoms with Crippen LogP contribution < -0.4 is 0 Å². The quantitative estimate of drug-likeness (QED) is 0.818. The summed E-state index contributed by atoms with van der Waals surface area (Å²) in [5, 5.41) is 8.85. The van der Waals surface area contributed by atoms with E-state index in [1.54, 1.807) is 4.57 Å². The summed E-state index contributed by atoms with van der Waals surface area (Å²) in [6.07, 6.45) is 3.20. The van der Waals surface area contributed by atoms with E-state index in [4.69, 9.17) is 5.26 Å². The normalized spacial score (nSPS) is 15.6. The van der Waals surface area contributed by atoms with Crippen molar-refractivity contribution in [2.24, 2.45) is 0 Å². The van der Waals surface area contributed by atoms with Crippen LogP contribution in [0.25, 0.3) is 11.0 Å². The van der Waals surface area contributed by atoms with Gasteiger partial charge >= 0.3 is 0 Å². The molecular formula is C13H11F2N3. The lowest BCUT2D eigenvalue weighted by molar-refractivity contribution is 0.392. The molecule has 0 unspecified atom stereocenters. The minimum atomic E-state index is -0.901. The van der Waals surface area contributed by atoms with E-state index < -0.39 is 11.6 Å². The van der Waals surface area contributed by atoms with Crippen LogP contribution >= 0.6 is 0 Å². The van der Waals surface area contributed by atoms with Crippen molar-refractivity contribution in [3.05, 3.63) is 29.6 Å². The first-order valence-electron chi connectivity index (χ1n) is 5.93. The second kappa shape index (κ2) is 4.05. The van der Waals surface area contributed by atoms with Gasteiger partial charge in [-0.3, -0.25) is 0 Å². The summed E-state index contributed by atoms with van der Waals surface area (Å²) in [6.45, 7) is 0.118. The molecule has 1 aromatic heterocycles. The van der Waals surface area contributed by atoms with Gasteiger partial charge in [-0.25, -0.2) is 13.8 Å². The van der Waals surface area contributed by atoms with Crippen LogP contribution in [0.1, 0.15) is 31.0 Å². The molecular weight excluding hydrogens is 236 g/mol. The second-order valence-corrected chi connectivity index (χ2v) is 4.60. The first-order chi connectivity index (χ1) is 8.70. The van der Waals surface area contributed by atoms with Gasteiger partial charge < -0.3 is 4.57 Å². The Kier molecular flexibility index (Phi) is 2.51. The molecule has 92 valence electrons. The fourth-order valence-corrected chi connectivity index (χ4v) is 2.35. The minimum absolute atomic E-state index is 0.118. The molecule has 3 rings (SSSR count). The topological polar surface area (TPSA) is 41.6 Å². The highest BCUT2D eigenvalue weighted by atomic mass is 19.2. The standard InChI is InChI=1S/C13H11F2N3/c14-9-6-11-12(7-10(9)15)18(5-4-16)13(17-11)8-2-1-3-8/h6-8H,1-3,5H2. The van der Waals surface area contributed by atoms with Crippen LogP contribution in [0.4, 0.5) is 8.78 Å². The molecule has 18 heavy (non-hydrogen) atoms. The molecule has 0 bridgehead atoms. The molecule has 0 amide bonds. The van der Waals surface area contributed by atoms with E-state index in [0.717, 1.165) is 37.2 Å². The highest BCUT2D eigenvalue weighted by Crippen LogP contribution is 2.37. The summed E-state index contributed by atoms with van der Waals surface area (Å²) >= 11 is 0. The fraction of sp³-hybridized carbons (Fsp3) is 0.385. The lowest BCUT2D eigenvalue weighted by Crippen LogP contribution is -2.15. The highest BCUT2D eigenvalue weighted by molar-refractivity contribution is 5.76. The van der Waals surface area contributed by atoms with Gasteiger partial charge in [-0.2, -0.15) is 5.26 Å². The monoisotopic (exact) mass is 247 g/mol. The van der Waals surface area contributed by atoms with E-state index >= 15 is 0 Å². The van der Waals surface area contributed by atoms with Gasteiger partial charge in [0.05, 0.1) is 17.1 Å². The molecule has 5 heteroatoms. The van der Waals surface area contributed by atoms with Crippen LogP contribution in [-0.4, -0.2) is 9.55 Å². The number of hydrogen-bond donors (Lipinski definition) is 0. The number of fused-ring (bicyclic) bond motifs is 1. The lowest BCUT2D eigenvalue weighted by Gasteiger charge is -2.24.